The maximum absolute atomic E-state index is 2.37. The summed E-state index contributed by atoms with van der Waals surface area (Å²) in [6.45, 7) is 8.32. The third kappa shape index (κ3) is 2.16. The van der Waals surface area contributed by atoms with Crippen molar-refractivity contribution in [2.45, 2.75) is 20.8 Å². The van der Waals surface area contributed by atoms with Gasteiger partial charge in [-0.2, -0.15) is 0 Å². The Morgan fingerprint density at radius 1 is 1.21 bits per heavy atom. The Hall–Kier alpha value is -1.24. The molecule has 0 aromatic heterocycles. The summed E-state index contributed by atoms with van der Waals surface area (Å²) in [4.78, 5) is 2.37. The van der Waals surface area contributed by atoms with Gasteiger partial charge in [-0.05, 0) is 18.6 Å². The van der Waals surface area contributed by atoms with Crippen LogP contribution >= 0.6 is 0 Å². The molecule has 1 heterocycles. The molecule has 0 saturated carbocycles. The SMILES string of the molecule is CC.CCN1CC=Cc2ccccc21. The second kappa shape index (κ2) is 5.48. The van der Waals surface area contributed by atoms with Crippen molar-refractivity contribution in [2.24, 2.45) is 0 Å². The van der Waals surface area contributed by atoms with E-state index in [1.165, 1.54) is 11.3 Å². The summed E-state index contributed by atoms with van der Waals surface area (Å²) < 4.78 is 0. The average molecular weight is 189 g/mol. The molecule has 0 fully saturated rings. The number of hydrogen-bond donors (Lipinski definition) is 0. The molecule has 0 atom stereocenters. The molecule has 14 heavy (non-hydrogen) atoms. The molecule has 76 valence electrons. The summed E-state index contributed by atoms with van der Waals surface area (Å²) in [7, 11) is 0. The van der Waals surface area contributed by atoms with Crippen LogP contribution in [-0.2, 0) is 0 Å². The number of rotatable bonds is 1. The molecule has 1 nitrogen and oxygen atoms in total. The summed E-state index contributed by atoms with van der Waals surface area (Å²) in [6.07, 6.45) is 4.41. The summed E-state index contributed by atoms with van der Waals surface area (Å²) in [5.41, 5.74) is 2.70. The minimum absolute atomic E-state index is 1.05. The lowest BCUT2D eigenvalue weighted by molar-refractivity contribution is 0.899. The van der Waals surface area contributed by atoms with Gasteiger partial charge in [0.2, 0.25) is 0 Å². The molecule has 1 aliphatic rings. The Kier molecular flexibility index (Phi) is 4.24. The molecule has 0 N–H and O–H groups in total. The molecular weight excluding hydrogens is 170 g/mol. The Balaban J connectivity index is 0.000000461. The molecule has 0 radical (unpaired) electrons. The first-order valence-electron chi connectivity index (χ1n) is 5.42. The second-order valence-electron chi connectivity index (χ2n) is 3.00. The van der Waals surface area contributed by atoms with Crippen molar-refractivity contribution in [3.8, 4) is 0 Å². The number of likely N-dealkylation sites (N-methyl/N-ethyl adjacent to an activating group) is 1. The van der Waals surface area contributed by atoms with Crippen molar-refractivity contribution in [3.63, 3.8) is 0 Å². The van der Waals surface area contributed by atoms with Gasteiger partial charge in [-0.3, -0.25) is 0 Å². The highest BCUT2D eigenvalue weighted by molar-refractivity contribution is 5.70. The van der Waals surface area contributed by atoms with Crippen molar-refractivity contribution in [1.29, 1.82) is 0 Å². The van der Waals surface area contributed by atoms with E-state index in [4.69, 9.17) is 0 Å². The summed E-state index contributed by atoms with van der Waals surface area (Å²) in [5.74, 6) is 0. The highest BCUT2D eigenvalue weighted by atomic mass is 15.1. The monoisotopic (exact) mass is 189 g/mol. The normalized spacial score (nSPS) is 12.9. The summed E-state index contributed by atoms with van der Waals surface area (Å²) in [6, 6.07) is 8.53. The Bertz CT molecular complexity index is 302. The lowest BCUT2D eigenvalue weighted by atomic mass is 10.1. The van der Waals surface area contributed by atoms with Gasteiger partial charge in [-0.1, -0.05) is 44.2 Å². The van der Waals surface area contributed by atoms with E-state index in [9.17, 15) is 0 Å². The quantitative estimate of drug-likeness (QED) is 0.653. The van der Waals surface area contributed by atoms with E-state index in [1.807, 2.05) is 13.8 Å². The van der Waals surface area contributed by atoms with Gasteiger partial charge >= 0.3 is 0 Å². The fourth-order valence-electron chi connectivity index (χ4n) is 1.62. The molecule has 0 amide bonds. The highest BCUT2D eigenvalue weighted by Gasteiger charge is 2.08. The van der Waals surface area contributed by atoms with Crippen LogP contribution in [0.15, 0.2) is 30.3 Å². The number of hydrogen-bond acceptors (Lipinski definition) is 1. The number of fused-ring (bicyclic) bond motifs is 1. The van der Waals surface area contributed by atoms with E-state index >= 15 is 0 Å². The molecule has 1 heteroatoms. The van der Waals surface area contributed by atoms with Crippen molar-refractivity contribution < 1.29 is 0 Å². The van der Waals surface area contributed by atoms with Crippen molar-refractivity contribution in [1.82, 2.24) is 0 Å². The van der Waals surface area contributed by atoms with Crippen LogP contribution in [0.3, 0.4) is 0 Å². The minimum atomic E-state index is 1.05. The molecule has 0 aliphatic carbocycles. The number of nitrogens with zero attached hydrogens (tertiary/aromatic N) is 1. The minimum Gasteiger partial charge on any atom is -0.368 e. The molecular formula is C13H19N. The zero-order chi connectivity index (χ0) is 10.4. The second-order valence-corrected chi connectivity index (χ2v) is 3.00. The van der Waals surface area contributed by atoms with Crippen molar-refractivity contribution in [3.05, 3.63) is 35.9 Å². The molecule has 2 rings (SSSR count). The van der Waals surface area contributed by atoms with Crippen LogP contribution in [0.1, 0.15) is 26.3 Å². The van der Waals surface area contributed by atoms with E-state index < -0.39 is 0 Å². The first-order chi connectivity index (χ1) is 6.92. The Morgan fingerprint density at radius 3 is 2.64 bits per heavy atom. The lowest BCUT2D eigenvalue weighted by Gasteiger charge is -2.26. The van der Waals surface area contributed by atoms with E-state index in [2.05, 4.69) is 48.2 Å². The van der Waals surface area contributed by atoms with Crippen LogP contribution in [0, 0.1) is 0 Å². The van der Waals surface area contributed by atoms with E-state index in [0.29, 0.717) is 0 Å². The molecule has 1 aliphatic heterocycles. The zero-order valence-electron chi connectivity index (χ0n) is 9.33. The predicted molar refractivity (Wildman–Crippen MR) is 64.7 cm³/mol. The molecule has 0 unspecified atom stereocenters. The zero-order valence-corrected chi connectivity index (χ0v) is 9.33. The van der Waals surface area contributed by atoms with Crippen LogP contribution in [-0.4, -0.2) is 13.1 Å². The third-order valence-corrected chi connectivity index (χ3v) is 2.28. The largest absolute Gasteiger partial charge is 0.368 e. The molecule has 0 bridgehead atoms. The average Bonchev–Trinajstić information content (AvgIpc) is 2.31. The molecule has 0 saturated heterocycles. The van der Waals surface area contributed by atoms with Gasteiger partial charge in [-0.25, -0.2) is 0 Å². The van der Waals surface area contributed by atoms with Crippen molar-refractivity contribution in [2.75, 3.05) is 18.0 Å². The van der Waals surface area contributed by atoms with Gasteiger partial charge < -0.3 is 4.90 Å². The van der Waals surface area contributed by atoms with Gasteiger partial charge in [0, 0.05) is 18.8 Å². The lowest BCUT2D eigenvalue weighted by Crippen LogP contribution is -2.25. The summed E-state index contributed by atoms with van der Waals surface area (Å²) >= 11 is 0. The number of anilines is 1. The molecule has 1 aromatic rings. The van der Waals surface area contributed by atoms with Gasteiger partial charge in [-0.15, -0.1) is 0 Å². The summed E-state index contributed by atoms with van der Waals surface area (Å²) in [5, 5.41) is 0. The highest BCUT2D eigenvalue weighted by Crippen LogP contribution is 2.24. The first kappa shape index (κ1) is 10.8. The van der Waals surface area contributed by atoms with E-state index in [-0.39, 0.29) is 0 Å². The first-order valence-corrected chi connectivity index (χ1v) is 5.42. The van der Waals surface area contributed by atoms with Gasteiger partial charge in [0.15, 0.2) is 0 Å². The molecule has 1 aromatic carbocycles. The Morgan fingerprint density at radius 2 is 1.93 bits per heavy atom. The standard InChI is InChI=1S/C11H13N.C2H6/c1-2-12-9-5-7-10-6-3-4-8-11(10)12;1-2/h3-8H,2,9H2,1H3;1-2H3. The third-order valence-electron chi connectivity index (χ3n) is 2.28. The smallest absolute Gasteiger partial charge is 0.0442 e. The maximum Gasteiger partial charge on any atom is 0.0442 e. The molecule has 0 spiro atoms. The maximum atomic E-state index is 2.37. The van der Waals surface area contributed by atoms with Gasteiger partial charge in [0.05, 0.1) is 0 Å². The van der Waals surface area contributed by atoms with Gasteiger partial charge in [0.1, 0.15) is 0 Å². The Labute approximate surface area is 87.1 Å². The number of benzene rings is 1. The van der Waals surface area contributed by atoms with Crippen LogP contribution in [0.25, 0.3) is 6.08 Å². The fraction of sp³-hybridized carbons (Fsp3) is 0.385. The predicted octanol–water partition coefficient (Wildman–Crippen LogP) is 3.57. The fourth-order valence-corrected chi connectivity index (χ4v) is 1.62. The van der Waals surface area contributed by atoms with E-state index in [1.54, 1.807) is 0 Å². The van der Waals surface area contributed by atoms with E-state index in [0.717, 1.165) is 13.1 Å². The van der Waals surface area contributed by atoms with Crippen LogP contribution in [0.2, 0.25) is 0 Å². The van der Waals surface area contributed by atoms with Crippen LogP contribution < -0.4 is 4.90 Å². The van der Waals surface area contributed by atoms with Crippen LogP contribution in [0.4, 0.5) is 5.69 Å². The van der Waals surface area contributed by atoms with Gasteiger partial charge in [0.25, 0.3) is 0 Å². The van der Waals surface area contributed by atoms with Crippen molar-refractivity contribution >= 4 is 11.8 Å². The number of para-hydroxylation sites is 1. The topological polar surface area (TPSA) is 3.24 Å². The van der Waals surface area contributed by atoms with Crippen LogP contribution in [0.5, 0.6) is 0 Å².